The van der Waals surface area contributed by atoms with Crippen molar-refractivity contribution in [3.63, 3.8) is 0 Å². The van der Waals surface area contributed by atoms with Gasteiger partial charge in [-0.25, -0.2) is 0 Å². The van der Waals surface area contributed by atoms with Gasteiger partial charge in [-0.1, -0.05) is 43.9 Å². The molecule has 1 amide bonds. The molecule has 1 N–H and O–H groups in total. The maximum atomic E-state index is 12.3. The first-order valence-electron chi connectivity index (χ1n) is 6.99. The first-order valence-corrected chi connectivity index (χ1v) is 12.7. The number of halogens is 1. The largest absolute Gasteiger partial charge is 0.322 e. The minimum absolute atomic E-state index is 0.0129. The number of anilines is 1. The molecule has 112 valence electrons. The van der Waals surface area contributed by atoms with Crippen LogP contribution in [0.2, 0.25) is 25.7 Å². The molecule has 0 saturated carbocycles. The summed E-state index contributed by atoms with van der Waals surface area (Å²) in [6, 6.07) is 11.3. The molecule has 5 heteroatoms. The van der Waals surface area contributed by atoms with Crippen LogP contribution in [0.4, 0.5) is 5.69 Å². The monoisotopic (exact) mass is 429 g/mol. The summed E-state index contributed by atoms with van der Waals surface area (Å²) in [6.07, 6.45) is 1.03. The van der Waals surface area contributed by atoms with E-state index in [1.807, 2.05) is 29.6 Å². The predicted octanol–water partition coefficient (Wildman–Crippen LogP) is 5.49. The third-order valence-corrected chi connectivity index (χ3v) is 7.07. The molecule has 0 aliphatic heterocycles. The van der Waals surface area contributed by atoms with Crippen LogP contribution >= 0.6 is 33.9 Å². The van der Waals surface area contributed by atoms with E-state index in [0.717, 1.165) is 20.6 Å². The zero-order valence-electron chi connectivity index (χ0n) is 12.6. The molecule has 0 spiro atoms. The summed E-state index contributed by atoms with van der Waals surface area (Å²) in [6.45, 7) is 7.13. The lowest BCUT2D eigenvalue weighted by molar-refractivity contribution is 0.102. The molecule has 2 rings (SSSR count). The van der Waals surface area contributed by atoms with Crippen molar-refractivity contribution in [3.8, 4) is 0 Å². The van der Waals surface area contributed by atoms with Gasteiger partial charge in [0.15, 0.2) is 0 Å². The molecular formula is C16H20INOSSi. The molecule has 1 aromatic heterocycles. The fraction of sp³-hybridized carbons (Fsp3) is 0.312. The Labute approximate surface area is 145 Å². The molecule has 0 aliphatic carbocycles. The average Bonchev–Trinajstić information content (AvgIpc) is 2.83. The minimum atomic E-state index is -1.08. The van der Waals surface area contributed by atoms with E-state index in [9.17, 15) is 4.79 Å². The van der Waals surface area contributed by atoms with Gasteiger partial charge in [0.1, 0.15) is 0 Å². The van der Waals surface area contributed by atoms with Crippen molar-refractivity contribution in [3.05, 3.63) is 49.7 Å². The molecule has 0 bridgehead atoms. The van der Waals surface area contributed by atoms with Crippen molar-refractivity contribution < 1.29 is 4.79 Å². The molecule has 0 unspecified atom stereocenters. The van der Waals surface area contributed by atoms with Crippen LogP contribution in [-0.4, -0.2) is 14.0 Å². The molecule has 0 saturated heterocycles. The van der Waals surface area contributed by atoms with Crippen LogP contribution < -0.4 is 5.32 Å². The second-order valence-corrected chi connectivity index (χ2v) is 14.6. The van der Waals surface area contributed by atoms with Gasteiger partial charge < -0.3 is 5.32 Å². The maximum Gasteiger partial charge on any atom is 0.257 e. The number of nitrogens with one attached hydrogen (secondary N) is 1. The lowest BCUT2D eigenvalue weighted by Gasteiger charge is -2.17. The number of carbonyl (C=O) groups excluding carboxylic acids is 1. The molecule has 0 fully saturated rings. The standard InChI is InChI=1S/C16H20INOSSi/c1-21(2,3)11-9-12-6-4-5-7-14(12)18-16(19)13-8-10-20-15(13)17/h4-8,10H,9,11H2,1-3H3,(H,18,19). The van der Waals surface area contributed by atoms with E-state index in [-0.39, 0.29) is 5.91 Å². The molecular weight excluding hydrogens is 409 g/mol. The Morgan fingerprint density at radius 1 is 1.24 bits per heavy atom. The number of carbonyl (C=O) groups is 1. The van der Waals surface area contributed by atoms with Crippen LogP contribution in [0.3, 0.4) is 0 Å². The van der Waals surface area contributed by atoms with Crippen LogP contribution in [0, 0.1) is 2.88 Å². The van der Waals surface area contributed by atoms with Gasteiger partial charge >= 0.3 is 0 Å². The van der Waals surface area contributed by atoms with Gasteiger partial charge in [-0.15, -0.1) is 11.3 Å². The van der Waals surface area contributed by atoms with Gasteiger partial charge in [0.2, 0.25) is 0 Å². The van der Waals surface area contributed by atoms with Gasteiger partial charge in [0.05, 0.1) is 8.45 Å². The van der Waals surface area contributed by atoms with E-state index in [0.29, 0.717) is 0 Å². The van der Waals surface area contributed by atoms with Crippen molar-refractivity contribution in [1.29, 1.82) is 0 Å². The van der Waals surface area contributed by atoms with Crippen molar-refractivity contribution in [2.45, 2.75) is 32.1 Å². The molecule has 0 atom stereocenters. The second kappa shape index (κ2) is 7.06. The molecule has 1 heterocycles. The Kier molecular flexibility index (Phi) is 5.62. The van der Waals surface area contributed by atoms with Gasteiger partial charge in [-0.05, 0) is 52.1 Å². The molecule has 0 aliphatic rings. The number of rotatable bonds is 5. The van der Waals surface area contributed by atoms with E-state index in [2.05, 4.69) is 53.6 Å². The summed E-state index contributed by atoms with van der Waals surface area (Å²) in [5.74, 6) is -0.0129. The Bertz CT molecular complexity index is 633. The normalized spacial score (nSPS) is 11.4. The Balaban J connectivity index is 2.13. The summed E-state index contributed by atoms with van der Waals surface area (Å²) < 4.78 is 1.03. The minimum Gasteiger partial charge on any atom is -0.322 e. The average molecular weight is 429 g/mol. The summed E-state index contributed by atoms with van der Waals surface area (Å²) in [7, 11) is -1.08. The zero-order chi connectivity index (χ0) is 15.5. The molecule has 2 nitrogen and oxygen atoms in total. The summed E-state index contributed by atoms with van der Waals surface area (Å²) >= 11 is 3.81. The summed E-state index contributed by atoms with van der Waals surface area (Å²) in [4.78, 5) is 12.3. The van der Waals surface area contributed by atoms with E-state index in [4.69, 9.17) is 0 Å². The number of hydrogen-bond donors (Lipinski definition) is 1. The molecule has 0 radical (unpaired) electrons. The van der Waals surface area contributed by atoms with Gasteiger partial charge in [0, 0.05) is 13.8 Å². The van der Waals surface area contributed by atoms with Crippen molar-refractivity contribution in [2.24, 2.45) is 0 Å². The lowest BCUT2D eigenvalue weighted by Crippen LogP contribution is -2.20. The van der Waals surface area contributed by atoms with Gasteiger partial charge in [-0.3, -0.25) is 4.79 Å². The number of hydrogen-bond acceptors (Lipinski definition) is 2. The van der Waals surface area contributed by atoms with E-state index in [1.165, 1.54) is 11.6 Å². The molecule has 1 aromatic carbocycles. The Morgan fingerprint density at radius 3 is 2.57 bits per heavy atom. The third kappa shape index (κ3) is 4.93. The number of aryl methyl sites for hydroxylation is 1. The lowest BCUT2D eigenvalue weighted by atomic mass is 10.1. The van der Waals surface area contributed by atoms with Gasteiger partial charge in [0.25, 0.3) is 5.91 Å². The molecule has 21 heavy (non-hydrogen) atoms. The van der Waals surface area contributed by atoms with E-state index < -0.39 is 8.07 Å². The van der Waals surface area contributed by atoms with Crippen LogP contribution in [0.15, 0.2) is 35.7 Å². The SMILES string of the molecule is C[Si](C)(C)CCc1ccccc1NC(=O)c1ccsc1I. The van der Waals surface area contributed by atoms with Crippen LogP contribution in [0.25, 0.3) is 0 Å². The molecule has 2 aromatic rings. The van der Waals surface area contributed by atoms with Crippen molar-refractivity contribution in [2.75, 3.05) is 5.32 Å². The van der Waals surface area contributed by atoms with Crippen molar-refractivity contribution >= 4 is 53.6 Å². The van der Waals surface area contributed by atoms with Crippen LogP contribution in [-0.2, 0) is 6.42 Å². The zero-order valence-corrected chi connectivity index (χ0v) is 16.5. The first-order chi connectivity index (χ1) is 9.87. The summed E-state index contributed by atoms with van der Waals surface area (Å²) in [5.41, 5.74) is 2.95. The second-order valence-electron chi connectivity index (χ2n) is 6.28. The first kappa shape index (κ1) is 16.7. The highest BCUT2D eigenvalue weighted by atomic mass is 127. The van der Waals surface area contributed by atoms with Gasteiger partial charge in [-0.2, -0.15) is 0 Å². The Hall–Kier alpha value is -0.663. The topological polar surface area (TPSA) is 29.1 Å². The van der Waals surface area contributed by atoms with Crippen LogP contribution in [0.5, 0.6) is 0 Å². The van der Waals surface area contributed by atoms with Crippen molar-refractivity contribution in [1.82, 2.24) is 0 Å². The third-order valence-electron chi connectivity index (χ3n) is 3.27. The number of thiophene rings is 1. The maximum absolute atomic E-state index is 12.3. The highest BCUT2D eigenvalue weighted by molar-refractivity contribution is 14.1. The number of benzene rings is 1. The number of para-hydroxylation sites is 1. The fourth-order valence-corrected chi connectivity index (χ4v) is 4.51. The quantitative estimate of drug-likeness (QED) is 0.495. The van der Waals surface area contributed by atoms with Crippen LogP contribution in [0.1, 0.15) is 15.9 Å². The summed E-state index contributed by atoms with van der Waals surface area (Å²) in [5, 5.41) is 5.02. The smallest absolute Gasteiger partial charge is 0.257 e. The predicted molar refractivity (Wildman–Crippen MR) is 103 cm³/mol. The highest BCUT2D eigenvalue weighted by Gasteiger charge is 2.16. The number of amides is 1. The van der Waals surface area contributed by atoms with E-state index in [1.54, 1.807) is 11.3 Å². The highest BCUT2D eigenvalue weighted by Crippen LogP contribution is 2.23. The van der Waals surface area contributed by atoms with E-state index >= 15 is 0 Å². The fourth-order valence-electron chi connectivity index (χ4n) is 2.02. The Morgan fingerprint density at radius 2 is 1.95 bits per heavy atom.